The Morgan fingerprint density at radius 1 is 0.947 bits per heavy atom. The molecule has 8 nitrogen and oxygen atoms in total. The van der Waals surface area contributed by atoms with Crippen molar-refractivity contribution >= 4 is 28.6 Å². The van der Waals surface area contributed by atoms with E-state index in [0.29, 0.717) is 38.9 Å². The van der Waals surface area contributed by atoms with Gasteiger partial charge in [0.25, 0.3) is 5.92 Å². The third-order valence-corrected chi connectivity index (χ3v) is 5.93. The summed E-state index contributed by atoms with van der Waals surface area (Å²) >= 11 is 0. The molecule has 38 heavy (non-hydrogen) atoms. The molecule has 13 heteroatoms. The molecule has 0 radical (unpaired) electrons. The second-order valence-corrected chi connectivity index (χ2v) is 10.1. The topological polar surface area (TPSA) is 97.5 Å². The van der Waals surface area contributed by atoms with Crippen molar-refractivity contribution in [2.24, 2.45) is 0 Å². The average Bonchev–Trinajstić information content (AvgIpc) is 2.80. The summed E-state index contributed by atoms with van der Waals surface area (Å²) < 4.78 is 76.4. The van der Waals surface area contributed by atoms with E-state index in [-0.39, 0.29) is 16.7 Å². The minimum atomic E-state index is -4.85. The van der Waals surface area contributed by atoms with E-state index >= 15 is 0 Å². The molecule has 1 saturated heterocycles. The van der Waals surface area contributed by atoms with E-state index < -0.39 is 46.2 Å². The number of carbonyl (C=O) groups excluding carboxylic acids is 1. The monoisotopic (exact) mass is 538 g/mol. The number of alkyl halides is 5. The molecule has 1 amide bonds. The summed E-state index contributed by atoms with van der Waals surface area (Å²) in [6.07, 6.45) is -4.10. The second kappa shape index (κ2) is 9.52. The van der Waals surface area contributed by atoms with Gasteiger partial charge in [-0.25, -0.2) is 28.5 Å². The highest BCUT2D eigenvalue weighted by atomic mass is 19.4. The average molecular weight is 539 g/mol. The number of ether oxygens (including phenoxy) is 1. The van der Waals surface area contributed by atoms with Gasteiger partial charge in [-0.2, -0.15) is 13.2 Å². The lowest BCUT2D eigenvalue weighted by molar-refractivity contribution is -0.137. The molecule has 1 aromatic carbocycles. The van der Waals surface area contributed by atoms with Crippen molar-refractivity contribution in [2.75, 3.05) is 36.8 Å². The van der Waals surface area contributed by atoms with Crippen LogP contribution >= 0.6 is 0 Å². The highest BCUT2D eigenvalue weighted by Crippen LogP contribution is 2.43. The number of aromatic nitrogens is 3. The summed E-state index contributed by atoms with van der Waals surface area (Å²) in [6, 6.07) is 3.94. The van der Waals surface area contributed by atoms with Gasteiger partial charge in [-0.15, -0.1) is 0 Å². The Hall–Kier alpha value is -3.77. The molecular weight excluding hydrogens is 511 g/mol. The Morgan fingerprint density at radius 2 is 1.61 bits per heavy atom. The Kier molecular flexibility index (Phi) is 6.83. The Bertz CT molecular complexity index is 1360. The van der Waals surface area contributed by atoms with Gasteiger partial charge in [0.2, 0.25) is 0 Å². The standard InChI is InChI=1S/C25H27F5N6O2/c1-23(2,3)38-22(37)36-9-7-35(8-10-36)21-15-11-17(24(4,26)27)14(12-18(15)32-13-33-21)20-16(25(28,29)30)5-6-19(31)34-20/h5-6,11-13H,7-10H2,1-4H3,(H2,31,34). The van der Waals surface area contributed by atoms with Gasteiger partial charge in [0.1, 0.15) is 23.6 Å². The highest BCUT2D eigenvalue weighted by Gasteiger charge is 2.38. The van der Waals surface area contributed by atoms with Crippen LogP contribution in [0.25, 0.3) is 22.2 Å². The maximum Gasteiger partial charge on any atom is 0.418 e. The lowest BCUT2D eigenvalue weighted by Crippen LogP contribution is -2.50. The summed E-state index contributed by atoms with van der Waals surface area (Å²) in [5.74, 6) is -3.45. The van der Waals surface area contributed by atoms with Gasteiger partial charge >= 0.3 is 12.3 Å². The third kappa shape index (κ3) is 5.70. The van der Waals surface area contributed by atoms with E-state index in [4.69, 9.17) is 10.5 Å². The zero-order valence-corrected chi connectivity index (χ0v) is 21.2. The number of hydrogen-bond donors (Lipinski definition) is 1. The molecule has 1 fully saturated rings. The van der Waals surface area contributed by atoms with Gasteiger partial charge in [-0.1, -0.05) is 0 Å². The number of carbonyl (C=O) groups is 1. The number of fused-ring (bicyclic) bond motifs is 1. The predicted octanol–water partition coefficient (Wildman–Crippen LogP) is 5.46. The number of rotatable bonds is 3. The van der Waals surface area contributed by atoms with Crippen LogP contribution in [-0.2, 0) is 16.8 Å². The van der Waals surface area contributed by atoms with Gasteiger partial charge in [0.05, 0.1) is 16.8 Å². The van der Waals surface area contributed by atoms with E-state index in [1.807, 2.05) is 4.90 Å². The number of nitrogens with two attached hydrogens (primary N) is 1. The van der Waals surface area contributed by atoms with Crippen molar-refractivity contribution in [2.45, 2.75) is 45.4 Å². The maximum absolute atomic E-state index is 14.9. The summed E-state index contributed by atoms with van der Waals surface area (Å²) in [6.45, 7) is 7.16. The second-order valence-electron chi connectivity index (χ2n) is 10.1. The molecule has 0 atom stereocenters. The lowest BCUT2D eigenvalue weighted by Gasteiger charge is -2.36. The van der Waals surface area contributed by atoms with Crippen LogP contribution in [0, 0.1) is 0 Å². The maximum atomic E-state index is 14.9. The number of piperazine rings is 1. The summed E-state index contributed by atoms with van der Waals surface area (Å²) in [7, 11) is 0. The van der Waals surface area contributed by atoms with Gasteiger partial charge in [-0.05, 0) is 45.0 Å². The molecule has 2 N–H and O–H groups in total. The van der Waals surface area contributed by atoms with Crippen LogP contribution in [0.15, 0.2) is 30.6 Å². The molecular formula is C25H27F5N6O2. The quantitative estimate of drug-likeness (QED) is 0.442. The first-order valence-corrected chi connectivity index (χ1v) is 11.8. The molecule has 204 valence electrons. The third-order valence-electron chi connectivity index (χ3n) is 5.93. The fourth-order valence-corrected chi connectivity index (χ4v) is 4.24. The smallest absolute Gasteiger partial charge is 0.418 e. The molecule has 0 unspecified atom stereocenters. The minimum Gasteiger partial charge on any atom is -0.444 e. The van der Waals surface area contributed by atoms with Crippen molar-refractivity contribution in [3.8, 4) is 11.3 Å². The molecule has 2 aromatic heterocycles. The molecule has 1 aliphatic heterocycles. The largest absolute Gasteiger partial charge is 0.444 e. The zero-order valence-electron chi connectivity index (χ0n) is 21.2. The molecule has 0 spiro atoms. The molecule has 3 aromatic rings. The fraction of sp³-hybridized carbons (Fsp3) is 0.440. The summed E-state index contributed by atoms with van der Waals surface area (Å²) in [5.41, 5.74) is 2.14. The van der Waals surface area contributed by atoms with Crippen molar-refractivity contribution in [3.63, 3.8) is 0 Å². The van der Waals surface area contributed by atoms with Crippen LogP contribution < -0.4 is 10.6 Å². The van der Waals surface area contributed by atoms with E-state index in [1.54, 1.807) is 25.7 Å². The summed E-state index contributed by atoms with van der Waals surface area (Å²) in [4.78, 5) is 27.9. The normalized spacial score (nSPS) is 15.2. The SMILES string of the molecule is CC(C)(C)OC(=O)N1CCN(c2ncnc3cc(-c4nc(N)ccc4C(F)(F)F)c(C(C)(F)F)cc23)CC1. The zero-order chi connectivity index (χ0) is 28.0. The first-order valence-electron chi connectivity index (χ1n) is 11.8. The Balaban J connectivity index is 1.77. The lowest BCUT2D eigenvalue weighted by atomic mass is 9.94. The number of benzene rings is 1. The predicted molar refractivity (Wildman–Crippen MR) is 132 cm³/mol. The van der Waals surface area contributed by atoms with Crippen LogP contribution in [-0.4, -0.2) is 57.7 Å². The van der Waals surface area contributed by atoms with Crippen LogP contribution in [0.1, 0.15) is 38.8 Å². The fourth-order valence-electron chi connectivity index (χ4n) is 4.24. The van der Waals surface area contributed by atoms with Gasteiger partial charge in [0.15, 0.2) is 0 Å². The van der Waals surface area contributed by atoms with Crippen LogP contribution in [0.4, 0.5) is 38.4 Å². The number of halogens is 5. The van der Waals surface area contributed by atoms with Crippen molar-refractivity contribution in [3.05, 3.63) is 41.7 Å². The molecule has 4 rings (SSSR count). The van der Waals surface area contributed by atoms with Gasteiger partial charge < -0.3 is 20.3 Å². The number of nitrogen functional groups attached to an aromatic ring is 1. The Morgan fingerprint density at radius 3 is 2.18 bits per heavy atom. The number of anilines is 2. The van der Waals surface area contributed by atoms with E-state index in [2.05, 4.69) is 15.0 Å². The number of amides is 1. The molecule has 0 aliphatic carbocycles. The van der Waals surface area contributed by atoms with E-state index in [1.165, 1.54) is 6.33 Å². The molecule has 0 saturated carbocycles. The number of pyridine rings is 1. The van der Waals surface area contributed by atoms with Crippen LogP contribution in [0.2, 0.25) is 0 Å². The first kappa shape index (κ1) is 27.3. The Labute approximate surface area is 215 Å². The molecule has 1 aliphatic rings. The van der Waals surface area contributed by atoms with Crippen molar-refractivity contribution in [1.82, 2.24) is 19.9 Å². The minimum absolute atomic E-state index is 0.157. The summed E-state index contributed by atoms with van der Waals surface area (Å²) in [5, 5.41) is 0.232. The van der Waals surface area contributed by atoms with Gasteiger partial charge in [0, 0.05) is 49.6 Å². The highest BCUT2D eigenvalue weighted by molar-refractivity contribution is 5.94. The van der Waals surface area contributed by atoms with E-state index in [9.17, 15) is 26.7 Å². The van der Waals surface area contributed by atoms with Gasteiger partial charge in [-0.3, -0.25) is 0 Å². The molecule has 3 heterocycles. The van der Waals surface area contributed by atoms with Crippen molar-refractivity contribution < 1.29 is 31.5 Å². The number of nitrogens with zero attached hydrogens (tertiary/aromatic N) is 5. The number of hydrogen-bond acceptors (Lipinski definition) is 7. The van der Waals surface area contributed by atoms with Crippen LogP contribution in [0.5, 0.6) is 0 Å². The van der Waals surface area contributed by atoms with Crippen LogP contribution in [0.3, 0.4) is 0 Å². The first-order chi connectivity index (χ1) is 17.5. The van der Waals surface area contributed by atoms with Crippen molar-refractivity contribution in [1.29, 1.82) is 0 Å². The van der Waals surface area contributed by atoms with E-state index in [0.717, 1.165) is 24.3 Å². The molecule has 0 bridgehead atoms.